The van der Waals surface area contributed by atoms with E-state index in [0.29, 0.717) is 5.56 Å². The first kappa shape index (κ1) is 19.9. The van der Waals surface area contributed by atoms with Gasteiger partial charge < -0.3 is 10.4 Å². The Bertz CT molecular complexity index is 1160. The predicted molar refractivity (Wildman–Crippen MR) is 112 cm³/mol. The quantitative estimate of drug-likeness (QED) is 0.508. The van der Waals surface area contributed by atoms with E-state index in [4.69, 9.17) is 5.26 Å². The first-order valence-electron chi connectivity index (χ1n) is 9.43. The van der Waals surface area contributed by atoms with Gasteiger partial charge in [-0.15, -0.1) is 15.7 Å². The number of carbonyl (C=O) groups is 1. The Morgan fingerprint density at radius 3 is 2.59 bits per heavy atom. The van der Waals surface area contributed by atoms with Crippen LogP contribution in [0.1, 0.15) is 48.1 Å². The van der Waals surface area contributed by atoms with Crippen LogP contribution in [-0.4, -0.2) is 15.3 Å². The summed E-state index contributed by atoms with van der Waals surface area (Å²) < 4.78 is 19.6. The summed E-state index contributed by atoms with van der Waals surface area (Å²) in [6, 6.07) is 3.00. The number of nitrogens with zero attached hydrogens (tertiary/aromatic N) is 2. The van der Waals surface area contributed by atoms with Crippen molar-refractivity contribution in [1.82, 2.24) is 4.72 Å². The number of fused-ring (bicyclic) bond motifs is 2. The number of nitriles is 1. The first-order valence-corrected chi connectivity index (χ1v) is 11.8. The molecule has 2 aliphatic carbocycles. The number of rotatable bonds is 4. The number of benzene rings is 1. The smallest absolute Gasteiger partial charge is 0.355 e. The van der Waals surface area contributed by atoms with Crippen molar-refractivity contribution < 1.29 is 14.1 Å². The van der Waals surface area contributed by atoms with Crippen molar-refractivity contribution in [2.45, 2.75) is 55.8 Å². The molecule has 0 fully saturated rings. The molecule has 0 saturated carbocycles. The first-order chi connectivity index (χ1) is 13.7. The normalized spacial score (nSPS) is 16.6. The molecule has 0 unspecified atom stereocenters. The van der Waals surface area contributed by atoms with E-state index in [-0.39, 0.29) is 4.21 Å². The molecule has 0 radical (unpaired) electrons. The lowest BCUT2D eigenvalue weighted by atomic mass is 9.83. The lowest BCUT2D eigenvalue weighted by molar-refractivity contribution is 0.0789. The van der Waals surface area contributed by atoms with Gasteiger partial charge in [0, 0.05) is 5.69 Å². The van der Waals surface area contributed by atoms with E-state index in [1.165, 1.54) is 17.2 Å². The van der Waals surface area contributed by atoms with Crippen molar-refractivity contribution in [3.05, 3.63) is 45.3 Å². The lowest BCUT2D eigenvalue weighted by Crippen LogP contribution is -2.23. The van der Waals surface area contributed by atoms with E-state index in [0.717, 1.165) is 60.3 Å². The molecule has 7 nitrogen and oxygen atoms in total. The van der Waals surface area contributed by atoms with E-state index in [1.54, 1.807) is 25.4 Å². The minimum absolute atomic E-state index is 0.220. The maximum absolute atomic E-state index is 13.3. The van der Waals surface area contributed by atoms with E-state index in [1.807, 2.05) is 0 Å². The van der Waals surface area contributed by atoms with Gasteiger partial charge in [0.1, 0.15) is 4.21 Å². The third kappa shape index (κ3) is 3.64. The molecule has 1 aromatic carbocycles. The SMILES string of the molecule is CC(C)(O)c1csc([S@](=O)(=NC(=O)Nc2c3c(cc4c2CC4)CCC3)NC#N)c1. The molecule has 0 aliphatic heterocycles. The molecule has 3 N–H and O–H groups in total. The number of hydrogen-bond acceptors (Lipinski definition) is 5. The summed E-state index contributed by atoms with van der Waals surface area (Å²) in [5.74, 6) is 0. The Morgan fingerprint density at radius 1 is 1.24 bits per heavy atom. The maximum atomic E-state index is 13.3. The van der Waals surface area contributed by atoms with Crippen molar-refractivity contribution in [1.29, 1.82) is 5.26 Å². The Morgan fingerprint density at radius 2 is 1.97 bits per heavy atom. The minimum Gasteiger partial charge on any atom is -0.386 e. The average Bonchev–Trinajstić information content (AvgIpc) is 3.26. The highest BCUT2D eigenvalue weighted by atomic mass is 32.2. The highest BCUT2D eigenvalue weighted by Gasteiger charge is 2.28. The van der Waals surface area contributed by atoms with Gasteiger partial charge in [-0.25, -0.2) is 13.7 Å². The third-order valence-corrected chi connectivity index (χ3v) is 8.57. The number of aryl methyl sites for hydroxylation is 2. The molecule has 2 aliphatic rings. The van der Waals surface area contributed by atoms with Gasteiger partial charge in [0.15, 0.2) is 16.1 Å². The highest BCUT2D eigenvalue weighted by molar-refractivity contribution is 7.94. The number of thiophene rings is 1. The molecule has 4 rings (SSSR count). The van der Waals surface area contributed by atoms with Crippen molar-refractivity contribution in [3.63, 3.8) is 0 Å². The number of aliphatic hydroxyl groups is 1. The molecule has 152 valence electrons. The summed E-state index contributed by atoms with van der Waals surface area (Å²) in [6.45, 7) is 3.21. The number of carbonyl (C=O) groups excluding carboxylic acids is 1. The molecule has 2 aromatic rings. The molecular formula is C20H22N4O3S2. The topological polar surface area (TPSA) is 115 Å². The number of hydrogen-bond donors (Lipinski definition) is 3. The van der Waals surface area contributed by atoms with Crippen LogP contribution in [0.5, 0.6) is 0 Å². The van der Waals surface area contributed by atoms with Crippen LogP contribution in [-0.2, 0) is 41.2 Å². The Labute approximate surface area is 174 Å². The summed E-state index contributed by atoms with van der Waals surface area (Å²) in [7, 11) is -3.49. The number of urea groups is 1. The molecular weight excluding hydrogens is 408 g/mol. The second-order valence-electron chi connectivity index (χ2n) is 7.86. The van der Waals surface area contributed by atoms with Crippen LogP contribution in [0.25, 0.3) is 0 Å². The van der Waals surface area contributed by atoms with Crippen LogP contribution >= 0.6 is 11.3 Å². The molecule has 1 atom stereocenters. The maximum Gasteiger partial charge on any atom is 0.355 e. The fourth-order valence-electron chi connectivity index (χ4n) is 3.80. The predicted octanol–water partition coefficient (Wildman–Crippen LogP) is 3.61. The third-order valence-electron chi connectivity index (χ3n) is 5.43. The van der Waals surface area contributed by atoms with Crippen molar-refractivity contribution in [2.24, 2.45) is 4.36 Å². The van der Waals surface area contributed by atoms with Gasteiger partial charge in [0.2, 0.25) is 0 Å². The van der Waals surface area contributed by atoms with Crippen LogP contribution < -0.4 is 10.0 Å². The molecule has 29 heavy (non-hydrogen) atoms. The molecule has 0 spiro atoms. The zero-order chi connectivity index (χ0) is 20.8. The van der Waals surface area contributed by atoms with Gasteiger partial charge in [-0.1, -0.05) is 6.07 Å². The molecule has 0 bridgehead atoms. The van der Waals surface area contributed by atoms with Crippen LogP contribution in [0, 0.1) is 11.5 Å². The lowest BCUT2D eigenvalue weighted by Gasteiger charge is -2.25. The summed E-state index contributed by atoms with van der Waals surface area (Å²) in [5.41, 5.74) is 5.02. The largest absolute Gasteiger partial charge is 0.386 e. The van der Waals surface area contributed by atoms with Crippen LogP contribution in [0.15, 0.2) is 26.1 Å². The highest BCUT2D eigenvalue weighted by Crippen LogP contribution is 2.39. The zero-order valence-corrected chi connectivity index (χ0v) is 17.9. The fraction of sp³-hybridized carbons (Fsp3) is 0.400. The molecule has 1 aromatic heterocycles. The van der Waals surface area contributed by atoms with Crippen LogP contribution in [0.2, 0.25) is 0 Å². The van der Waals surface area contributed by atoms with E-state index >= 15 is 0 Å². The average molecular weight is 431 g/mol. The summed E-state index contributed by atoms with van der Waals surface area (Å²) in [6.07, 6.45) is 6.52. The summed E-state index contributed by atoms with van der Waals surface area (Å²) in [5, 5.41) is 23.7. The number of anilines is 1. The fourth-order valence-corrected chi connectivity index (χ4v) is 6.43. The molecule has 9 heteroatoms. The monoisotopic (exact) mass is 430 g/mol. The minimum atomic E-state index is -3.49. The molecule has 2 amide bonds. The van der Waals surface area contributed by atoms with Gasteiger partial charge in [-0.05, 0) is 85.2 Å². The Hall–Kier alpha value is -2.41. The Kier molecular flexibility index (Phi) is 4.89. The second kappa shape index (κ2) is 7.13. The van der Waals surface area contributed by atoms with Crippen molar-refractivity contribution in [2.75, 3.05) is 5.32 Å². The van der Waals surface area contributed by atoms with E-state index < -0.39 is 21.5 Å². The van der Waals surface area contributed by atoms with Gasteiger partial charge in [0.25, 0.3) is 0 Å². The van der Waals surface area contributed by atoms with Crippen LogP contribution in [0.4, 0.5) is 10.5 Å². The zero-order valence-electron chi connectivity index (χ0n) is 16.2. The van der Waals surface area contributed by atoms with Gasteiger partial charge in [0.05, 0.1) is 5.60 Å². The van der Waals surface area contributed by atoms with Crippen molar-refractivity contribution >= 4 is 33.0 Å². The van der Waals surface area contributed by atoms with Crippen molar-refractivity contribution in [3.8, 4) is 6.19 Å². The van der Waals surface area contributed by atoms with Gasteiger partial charge in [-0.3, -0.25) is 0 Å². The summed E-state index contributed by atoms with van der Waals surface area (Å²) in [4.78, 5) is 12.7. The second-order valence-corrected chi connectivity index (χ2v) is 10.9. The Balaban J connectivity index is 1.69. The van der Waals surface area contributed by atoms with E-state index in [2.05, 4.69) is 20.5 Å². The molecule has 0 saturated heterocycles. The summed E-state index contributed by atoms with van der Waals surface area (Å²) >= 11 is 1.09. The van der Waals surface area contributed by atoms with E-state index in [9.17, 15) is 14.1 Å². The number of amides is 2. The molecule has 1 heterocycles. The van der Waals surface area contributed by atoms with Gasteiger partial charge >= 0.3 is 6.03 Å². The standard InChI is InChI=1S/C20H22N4O3S2/c1-20(2,26)14-9-17(28-10-14)29(27,22-11-21)24-19(25)23-18-15-5-3-4-12(15)8-13-6-7-16(13)18/h8-10,26H,3-7H2,1-2H3,(H2,22,23,24,25,27)/t29-/m1/s1. The number of nitrogens with one attached hydrogen (secondary N) is 2. The van der Waals surface area contributed by atoms with Crippen LogP contribution in [0.3, 0.4) is 0 Å². The van der Waals surface area contributed by atoms with Gasteiger partial charge in [-0.2, -0.15) is 5.26 Å².